The molecule has 0 fully saturated rings. The summed E-state index contributed by atoms with van der Waals surface area (Å²) in [6, 6.07) is 21.4. The zero-order chi connectivity index (χ0) is 41.5. The van der Waals surface area contributed by atoms with Crippen LogP contribution in [-0.4, -0.2) is 62.2 Å². The molecule has 304 valence electrons. The summed E-state index contributed by atoms with van der Waals surface area (Å²) in [5.74, 6) is 0.833. The van der Waals surface area contributed by atoms with E-state index in [-0.39, 0.29) is 12.1 Å². The van der Waals surface area contributed by atoms with E-state index in [0.717, 1.165) is 80.1 Å². The summed E-state index contributed by atoms with van der Waals surface area (Å²) in [5, 5.41) is 35.8. The van der Waals surface area contributed by atoms with Crippen LogP contribution >= 0.6 is 23.9 Å². The highest BCUT2D eigenvalue weighted by atomic mass is 32.2. The molecule has 0 aromatic heterocycles. The molecule has 0 bridgehead atoms. The number of benzene rings is 2. The minimum absolute atomic E-state index is 0.123. The Labute approximate surface area is 339 Å². The van der Waals surface area contributed by atoms with Gasteiger partial charge in [-0.25, -0.2) is 0 Å². The number of allylic oxidation sites excluding steroid dienone is 4. The first-order valence-corrected chi connectivity index (χ1v) is 21.3. The van der Waals surface area contributed by atoms with E-state index in [1.807, 2.05) is 34.7 Å². The predicted molar refractivity (Wildman–Crippen MR) is 241 cm³/mol. The van der Waals surface area contributed by atoms with Crippen molar-refractivity contribution in [1.29, 1.82) is 10.5 Å². The second-order valence-electron chi connectivity index (χ2n) is 14.1. The Morgan fingerprint density at radius 1 is 0.704 bits per heavy atom. The Balaban J connectivity index is 0. The van der Waals surface area contributed by atoms with Crippen LogP contribution in [0.3, 0.4) is 0 Å². The lowest BCUT2D eigenvalue weighted by Crippen LogP contribution is -2.35. The molecular formula is C44H74N6O2S2. The van der Waals surface area contributed by atoms with E-state index in [1.165, 1.54) is 35.3 Å². The SMILES string of the molecule is CC(C)C.CCCCO.CCCN(CCC)c1ccc(/C(C)=C(\C#N)SNC)cc1.CCN(CC)c1ccc(/C(C)=C(\C#N)SNC(C)(C)CCO)cc1. The van der Waals surface area contributed by atoms with Gasteiger partial charge in [0.1, 0.15) is 21.9 Å². The van der Waals surface area contributed by atoms with Crippen LogP contribution in [0.1, 0.15) is 126 Å². The lowest BCUT2D eigenvalue weighted by Gasteiger charge is -2.24. The largest absolute Gasteiger partial charge is 0.396 e. The van der Waals surface area contributed by atoms with Crippen LogP contribution in [0, 0.1) is 28.6 Å². The molecule has 0 aliphatic rings. The molecule has 0 spiro atoms. The predicted octanol–water partition coefficient (Wildman–Crippen LogP) is 11.1. The molecule has 10 heteroatoms. The fraction of sp³-hybridized carbons (Fsp3) is 0.591. The monoisotopic (exact) mass is 783 g/mol. The van der Waals surface area contributed by atoms with Gasteiger partial charge in [-0.1, -0.05) is 72.2 Å². The Hall–Kier alpha value is -2.96. The van der Waals surface area contributed by atoms with Crippen molar-refractivity contribution in [3.8, 4) is 12.1 Å². The van der Waals surface area contributed by atoms with Crippen molar-refractivity contribution < 1.29 is 10.2 Å². The third-order valence-corrected chi connectivity index (χ3v) is 9.91. The van der Waals surface area contributed by atoms with E-state index in [1.54, 1.807) is 0 Å². The Bertz CT molecular complexity index is 1380. The van der Waals surface area contributed by atoms with E-state index < -0.39 is 0 Å². The van der Waals surface area contributed by atoms with Gasteiger partial charge in [0.05, 0.1) is 0 Å². The number of hydrogen-bond donors (Lipinski definition) is 4. The molecule has 0 radical (unpaired) electrons. The maximum absolute atomic E-state index is 9.48. The summed E-state index contributed by atoms with van der Waals surface area (Å²) < 4.78 is 6.24. The highest BCUT2D eigenvalue weighted by Crippen LogP contribution is 2.29. The average molecular weight is 783 g/mol. The third kappa shape index (κ3) is 23.1. The van der Waals surface area contributed by atoms with Gasteiger partial charge in [0.2, 0.25) is 0 Å². The van der Waals surface area contributed by atoms with Crippen LogP contribution in [0.15, 0.2) is 58.3 Å². The number of nitrogens with one attached hydrogen (secondary N) is 2. The van der Waals surface area contributed by atoms with Gasteiger partial charge < -0.3 is 20.0 Å². The fourth-order valence-electron chi connectivity index (χ4n) is 4.75. The Kier molecular flexibility index (Phi) is 31.8. The third-order valence-electron chi connectivity index (χ3n) is 7.85. The Morgan fingerprint density at radius 3 is 1.41 bits per heavy atom. The van der Waals surface area contributed by atoms with Crippen LogP contribution in [0.5, 0.6) is 0 Å². The maximum atomic E-state index is 9.48. The summed E-state index contributed by atoms with van der Waals surface area (Å²) in [6.45, 7) is 29.8. The molecule has 0 amide bonds. The molecule has 0 saturated carbocycles. The van der Waals surface area contributed by atoms with Crippen LogP contribution < -0.4 is 19.2 Å². The van der Waals surface area contributed by atoms with Gasteiger partial charge >= 0.3 is 0 Å². The van der Waals surface area contributed by atoms with E-state index in [9.17, 15) is 10.5 Å². The van der Waals surface area contributed by atoms with Crippen LogP contribution in [-0.2, 0) is 0 Å². The number of anilines is 2. The van der Waals surface area contributed by atoms with E-state index in [0.29, 0.717) is 22.8 Å². The van der Waals surface area contributed by atoms with Crippen molar-refractivity contribution in [1.82, 2.24) is 9.44 Å². The maximum Gasteiger partial charge on any atom is 0.108 e. The number of rotatable bonds is 19. The first-order chi connectivity index (χ1) is 25.7. The molecule has 0 aliphatic carbocycles. The van der Waals surface area contributed by atoms with Crippen LogP contribution in [0.25, 0.3) is 11.1 Å². The molecule has 0 unspecified atom stereocenters. The highest BCUT2D eigenvalue weighted by Gasteiger charge is 2.18. The summed E-state index contributed by atoms with van der Waals surface area (Å²) in [4.78, 5) is 6.07. The fourth-order valence-corrected chi connectivity index (χ4v) is 6.07. The summed E-state index contributed by atoms with van der Waals surface area (Å²) >= 11 is 2.70. The van der Waals surface area contributed by atoms with Gasteiger partial charge in [-0.05, 0) is 151 Å². The number of hydrogen-bond acceptors (Lipinski definition) is 10. The van der Waals surface area contributed by atoms with Gasteiger partial charge in [-0.3, -0.25) is 9.44 Å². The number of aliphatic hydroxyl groups excluding tert-OH is 2. The lowest BCUT2D eigenvalue weighted by molar-refractivity contribution is 0.248. The molecule has 2 rings (SSSR count). The molecule has 4 N–H and O–H groups in total. The molecule has 54 heavy (non-hydrogen) atoms. The molecule has 0 atom stereocenters. The standard InChI is InChI=1S/C19H29N3OS.C17H25N3S.C4H10O.C4H10/c1-6-22(7-2)17-10-8-16(9-11-17)15(3)18(14-20)24-21-19(4,5)12-13-23;1-5-11-20(12-6-2)16-9-7-15(8-10-16)14(3)17(13-18)21-19-4;1-2-3-4-5;1-4(2)3/h8-11,21,23H,6-7,12-13H2,1-5H3;7-10,19H,5-6,11-12H2,1-4H3;5H,2-4H2,1H3;4H,1-3H3/b18-15+;17-14+;;. The second-order valence-corrected chi connectivity index (χ2v) is 15.9. The molecule has 2 aromatic rings. The minimum Gasteiger partial charge on any atom is -0.396 e. The van der Waals surface area contributed by atoms with E-state index in [2.05, 4.69) is 135 Å². The van der Waals surface area contributed by atoms with Crippen molar-refractivity contribution in [3.05, 3.63) is 69.5 Å². The molecule has 0 aliphatic heterocycles. The Morgan fingerprint density at radius 2 is 1.11 bits per heavy atom. The van der Waals surface area contributed by atoms with E-state index >= 15 is 0 Å². The number of unbranched alkanes of at least 4 members (excludes halogenated alkanes) is 1. The van der Waals surface area contributed by atoms with Gasteiger partial charge in [-0.2, -0.15) is 10.5 Å². The first kappa shape index (κ1) is 53.1. The molecule has 0 heterocycles. The van der Waals surface area contributed by atoms with Crippen LogP contribution in [0.4, 0.5) is 11.4 Å². The zero-order valence-corrected chi connectivity index (χ0v) is 37.6. The first-order valence-electron chi connectivity index (χ1n) is 19.6. The molecule has 8 nitrogen and oxygen atoms in total. The summed E-state index contributed by atoms with van der Waals surface area (Å²) in [6.07, 6.45) is 4.98. The van der Waals surface area contributed by atoms with Crippen molar-refractivity contribution in [2.75, 3.05) is 56.2 Å². The molecular weight excluding hydrogens is 709 g/mol. The average Bonchev–Trinajstić information content (AvgIpc) is 3.15. The number of nitriles is 2. The van der Waals surface area contributed by atoms with Gasteiger partial charge in [0, 0.05) is 56.3 Å². The van der Waals surface area contributed by atoms with Crippen LogP contribution in [0.2, 0.25) is 0 Å². The minimum atomic E-state index is -0.228. The zero-order valence-electron chi connectivity index (χ0n) is 36.0. The quantitative estimate of drug-likeness (QED) is 0.0810. The van der Waals surface area contributed by atoms with Gasteiger partial charge in [-0.15, -0.1) is 0 Å². The smallest absolute Gasteiger partial charge is 0.108 e. The highest BCUT2D eigenvalue weighted by molar-refractivity contribution is 8.02. The van der Waals surface area contributed by atoms with Crippen molar-refractivity contribution >= 4 is 46.4 Å². The van der Waals surface area contributed by atoms with E-state index in [4.69, 9.17) is 10.2 Å². The summed E-state index contributed by atoms with van der Waals surface area (Å²) in [7, 11) is 1.83. The van der Waals surface area contributed by atoms with Gasteiger partial charge in [0.25, 0.3) is 0 Å². The summed E-state index contributed by atoms with van der Waals surface area (Å²) in [5.41, 5.74) is 6.36. The lowest BCUT2D eigenvalue weighted by atomic mass is 10.0. The van der Waals surface area contributed by atoms with Crippen molar-refractivity contribution in [2.24, 2.45) is 5.92 Å². The normalized spacial score (nSPS) is 11.6. The second kappa shape index (κ2) is 32.3. The molecule has 0 saturated heterocycles. The van der Waals surface area contributed by atoms with Crippen molar-refractivity contribution in [3.63, 3.8) is 0 Å². The molecule has 2 aromatic carbocycles. The topological polar surface area (TPSA) is 119 Å². The van der Waals surface area contributed by atoms with Crippen molar-refractivity contribution in [2.45, 2.75) is 121 Å². The number of aliphatic hydroxyl groups is 2. The number of nitrogens with zero attached hydrogens (tertiary/aromatic N) is 4. The van der Waals surface area contributed by atoms with Gasteiger partial charge in [0.15, 0.2) is 0 Å².